The SMILES string of the molecule is Cc1cccc(-n2nc(CC(N)=O)nc2[C@H]2C[C@@H](N)[C@H](O)C2)n1. The van der Waals surface area contributed by atoms with E-state index in [-0.39, 0.29) is 18.4 Å². The summed E-state index contributed by atoms with van der Waals surface area (Å²) in [6.07, 6.45) is 0.534. The molecular weight excluding hydrogens is 296 g/mol. The zero-order valence-electron chi connectivity index (χ0n) is 12.9. The molecule has 0 saturated heterocycles. The van der Waals surface area contributed by atoms with Crippen molar-refractivity contribution in [2.45, 2.75) is 44.2 Å². The number of aryl methyl sites for hydroxylation is 1. The maximum absolute atomic E-state index is 11.2. The lowest BCUT2D eigenvalue weighted by molar-refractivity contribution is -0.117. The van der Waals surface area contributed by atoms with Gasteiger partial charge >= 0.3 is 0 Å². The highest BCUT2D eigenvalue weighted by Gasteiger charge is 2.35. The van der Waals surface area contributed by atoms with Crippen LogP contribution in [0.1, 0.15) is 36.1 Å². The number of nitrogens with zero attached hydrogens (tertiary/aromatic N) is 4. The molecule has 3 atom stereocenters. The summed E-state index contributed by atoms with van der Waals surface area (Å²) < 4.78 is 1.63. The normalized spacial score (nSPS) is 24.0. The van der Waals surface area contributed by atoms with Crippen LogP contribution in [0.25, 0.3) is 5.82 Å². The molecular formula is C15H20N6O2. The van der Waals surface area contributed by atoms with E-state index in [4.69, 9.17) is 11.5 Å². The number of primary amides is 1. The molecule has 0 bridgehead atoms. The lowest BCUT2D eigenvalue weighted by Crippen LogP contribution is -2.28. The number of aliphatic hydroxyl groups is 1. The molecule has 2 heterocycles. The number of amides is 1. The average molecular weight is 316 g/mol. The van der Waals surface area contributed by atoms with Crippen LogP contribution in [-0.2, 0) is 11.2 Å². The van der Waals surface area contributed by atoms with E-state index in [1.165, 1.54) is 0 Å². The van der Waals surface area contributed by atoms with E-state index in [0.717, 1.165) is 5.69 Å². The van der Waals surface area contributed by atoms with Crippen LogP contribution in [0.5, 0.6) is 0 Å². The molecule has 0 aliphatic heterocycles. The van der Waals surface area contributed by atoms with Crippen molar-refractivity contribution in [1.29, 1.82) is 0 Å². The Hall–Kier alpha value is -2.32. The van der Waals surface area contributed by atoms with Crippen molar-refractivity contribution < 1.29 is 9.90 Å². The van der Waals surface area contributed by atoms with Gasteiger partial charge in [0.05, 0.1) is 12.5 Å². The highest BCUT2D eigenvalue weighted by atomic mass is 16.3. The van der Waals surface area contributed by atoms with Crippen molar-refractivity contribution in [1.82, 2.24) is 19.7 Å². The van der Waals surface area contributed by atoms with E-state index in [1.807, 2.05) is 25.1 Å². The highest BCUT2D eigenvalue weighted by Crippen LogP contribution is 2.33. The lowest BCUT2D eigenvalue weighted by Gasteiger charge is -2.10. The van der Waals surface area contributed by atoms with Gasteiger partial charge in [0.25, 0.3) is 0 Å². The van der Waals surface area contributed by atoms with E-state index in [0.29, 0.717) is 30.3 Å². The van der Waals surface area contributed by atoms with Gasteiger partial charge < -0.3 is 16.6 Å². The number of hydrogen-bond acceptors (Lipinski definition) is 6. The van der Waals surface area contributed by atoms with Gasteiger partial charge in [-0.2, -0.15) is 4.68 Å². The minimum atomic E-state index is -0.560. The minimum Gasteiger partial charge on any atom is -0.391 e. The van der Waals surface area contributed by atoms with Crippen LogP contribution in [-0.4, -0.2) is 42.9 Å². The summed E-state index contributed by atoms with van der Waals surface area (Å²) in [5.41, 5.74) is 12.0. The summed E-state index contributed by atoms with van der Waals surface area (Å²) >= 11 is 0. The van der Waals surface area contributed by atoms with Crippen LogP contribution < -0.4 is 11.5 Å². The molecule has 122 valence electrons. The second-order valence-electron chi connectivity index (χ2n) is 5.98. The van der Waals surface area contributed by atoms with Gasteiger partial charge in [-0.25, -0.2) is 9.97 Å². The third-order valence-electron chi connectivity index (χ3n) is 4.04. The quantitative estimate of drug-likeness (QED) is 0.700. The Morgan fingerprint density at radius 3 is 2.78 bits per heavy atom. The first-order valence-corrected chi connectivity index (χ1v) is 7.56. The predicted octanol–water partition coefficient (Wildman–Crippen LogP) is -0.436. The first-order chi connectivity index (χ1) is 10.9. The predicted molar refractivity (Wildman–Crippen MR) is 82.7 cm³/mol. The van der Waals surface area contributed by atoms with Crippen LogP contribution in [0.15, 0.2) is 18.2 Å². The molecule has 1 aliphatic carbocycles. The van der Waals surface area contributed by atoms with Gasteiger partial charge in [0.1, 0.15) is 5.82 Å². The molecule has 0 aromatic carbocycles. The fourth-order valence-electron chi connectivity index (χ4n) is 2.94. The van der Waals surface area contributed by atoms with Gasteiger partial charge in [-0.3, -0.25) is 4.79 Å². The van der Waals surface area contributed by atoms with Crippen molar-refractivity contribution in [3.8, 4) is 5.82 Å². The largest absolute Gasteiger partial charge is 0.391 e. The van der Waals surface area contributed by atoms with E-state index in [9.17, 15) is 9.90 Å². The lowest BCUT2D eigenvalue weighted by atomic mass is 10.1. The van der Waals surface area contributed by atoms with Crippen LogP contribution >= 0.6 is 0 Å². The highest BCUT2D eigenvalue weighted by molar-refractivity contribution is 5.75. The first kappa shape index (κ1) is 15.6. The Bertz CT molecular complexity index is 719. The number of carbonyl (C=O) groups is 1. The molecule has 0 radical (unpaired) electrons. The maximum atomic E-state index is 11.2. The topological polar surface area (TPSA) is 133 Å². The van der Waals surface area contributed by atoms with E-state index in [2.05, 4.69) is 15.1 Å². The monoisotopic (exact) mass is 316 g/mol. The number of hydrogen-bond donors (Lipinski definition) is 3. The van der Waals surface area contributed by atoms with Crippen LogP contribution in [0.2, 0.25) is 0 Å². The first-order valence-electron chi connectivity index (χ1n) is 7.56. The number of rotatable bonds is 4. The van der Waals surface area contributed by atoms with Crippen LogP contribution in [0, 0.1) is 6.92 Å². The van der Waals surface area contributed by atoms with Crippen LogP contribution in [0.3, 0.4) is 0 Å². The van der Waals surface area contributed by atoms with E-state index in [1.54, 1.807) is 4.68 Å². The molecule has 0 spiro atoms. The second-order valence-corrected chi connectivity index (χ2v) is 5.98. The van der Waals surface area contributed by atoms with Crippen molar-refractivity contribution in [2.24, 2.45) is 11.5 Å². The molecule has 1 amide bonds. The zero-order valence-corrected chi connectivity index (χ0v) is 12.9. The van der Waals surface area contributed by atoms with Gasteiger partial charge in [-0.1, -0.05) is 6.07 Å². The van der Waals surface area contributed by atoms with Crippen molar-refractivity contribution in [3.05, 3.63) is 35.5 Å². The fourth-order valence-corrected chi connectivity index (χ4v) is 2.94. The third kappa shape index (κ3) is 3.22. The molecule has 8 nitrogen and oxygen atoms in total. The summed E-state index contributed by atoms with van der Waals surface area (Å²) in [7, 11) is 0. The van der Waals surface area contributed by atoms with Crippen molar-refractivity contribution in [2.75, 3.05) is 0 Å². The Morgan fingerprint density at radius 1 is 1.39 bits per heavy atom. The molecule has 2 aromatic rings. The molecule has 1 saturated carbocycles. The van der Waals surface area contributed by atoms with Crippen molar-refractivity contribution in [3.63, 3.8) is 0 Å². The maximum Gasteiger partial charge on any atom is 0.225 e. The smallest absolute Gasteiger partial charge is 0.225 e. The number of aromatic nitrogens is 4. The number of pyridine rings is 1. The second kappa shape index (κ2) is 6.05. The van der Waals surface area contributed by atoms with E-state index < -0.39 is 12.0 Å². The number of carbonyl (C=O) groups excluding carboxylic acids is 1. The molecule has 0 unspecified atom stereocenters. The Balaban J connectivity index is 2.02. The van der Waals surface area contributed by atoms with Gasteiger partial charge in [0.15, 0.2) is 11.6 Å². The summed E-state index contributed by atoms with van der Waals surface area (Å²) in [5.74, 6) is 1.11. The molecule has 5 N–H and O–H groups in total. The number of nitrogens with two attached hydrogens (primary N) is 2. The van der Waals surface area contributed by atoms with Crippen LogP contribution in [0.4, 0.5) is 0 Å². The summed E-state index contributed by atoms with van der Waals surface area (Å²) in [5, 5.41) is 14.3. The molecule has 2 aromatic heterocycles. The van der Waals surface area contributed by atoms with E-state index >= 15 is 0 Å². The summed E-state index contributed by atoms with van der Waals surface area (Å²) in [4.78, 5) is 20.1. The number of aliphatic hydroxyl groups excluding tert-OH is 1. The van der Waals surface area contributed by atoms with Gasteiger partial charge in [0, 0.05) is 17.7 Å². The molecule has 23 heavy (non-hydrogen) atoms. The summed E-state index contributed by atoms with van der Waals surface area (Å²) in [6.45, 7) is 1.89. The van der Waals surface area contributed by atoms with Gasteiger partial charge in [0.2, 0.25) is 5.91 Å². The fraction of sp³-hybridized carbons (Fsp3) is 0.467. The Kier molecular flexibility index (Phi) is 4.10. The van der Waals surface area contributed by atoms with Gasteiger partial charge in [-0.15, -0.1) is 5.10 Å². The summed E-state index contributed by atoms with van der Waals surface area (Å²) in [6, 6.07) is 5.31. The molecule has 3 rings (SSSR count). The third-order valence-corrected chi connectivity index (χ3v) is 4.04. The molecule has 1 aliphatic rings. The standard InChI is InChI=1S/C15H20N6O2/c1-8-3-2-4-14(18-8)21-15(9-5-10(16)11(22)6-9)19-13(20-21)7-12(17)23/h2-4,9-11,22H,5-7,16H2,1H3,(H2,17,23)/t9-,10+,11+/m0/s1. The zero-order chi connectivity index (χ0) is 16.6. The molecule has 8 heteroatoms. The van der Waals surface area contributed by atoms with Crippen molar-refractivity contribution >= 4 is 5.91 Å². The van der Waals surface area contributed by atoms with Gasteiger partial charge in [-0.05, 0) is 31.9 Å². The molecule has 1 fully saturated rings. The Labute approximate surface area is 133 Å². The minimum absolute atomic E-state index is 0.0311. The average Bonchev–Trinajstić information content (AvgIpc) is 3.03. The Morgan fingerprint density at radius 2 is 2.17 bits per heavy atom.